The highest BCUT2D eigenvalue weighted by Crippen LogP contribution is 2.43. The van der Waals surface area contributed by atoms with Gasteiger partial charge in [0.2, 0.25) is 11.3 Å². The molecule has 0 saturated carbocycles. The number of hydroxylamine groups is 1. The number of hydrogen-bond acceptors (Lipinski definition) is 4. The largest absolute Gasteiger partial charge is 0.623 e. The highest BCUT2D eigenvalue weighted by molar-refractivity contribution is 5.88. The smallest absolute Gasteiger partial charge is 0.230 e. The van der Waals surface area contributed by atoms with Crippen LogP contribution in [0.3, 0.4) is 0 Å². The zero-order valence-electron chi connectivity index (χ0n) is 22.6. The maximum Gasteiger partial charge on any atom is 0.230 e. The molecule has 204 valence electrons. The molecule has 0 fully saturated rings. The molecule has 0 aromatic heterocycles. The second-order valence-electron chi connectivity index (χ2n) is 9.98. The van der Waals surface area contributed by atoms with Crippen LogP contribution in [0.15, 0.2) is 134 Å². The third kappa shape index (κ3) is 6.07. The van der Waals surface area contributed by atoms with Crippen LogP contribution in [0.5, 0.6) is 0 Å². The van der Waals surface area contributed by atoms with Gasteiger partial charge < -0.3 is 19.4 Å². The van der Waals surface area contributed by atoms with Crippen molar-refractivity contribution in [3.8, 4) is 0 Å². The Bertz CT molecular complexity index is 1380. The normalized spacial score (nSPS) is 20.5. The van der Waals surface area contributed by atoms with Gasteiger partial charge in [0.05, 0.1) is 19.8 Å². The maximum atomic E-state index is 14.5. The van der Waals surface area contributed by atoms with Gasteiger partial charge in [0.25, 0.3) is 0 Å². The predicted molar refractivity (Wildman–Crippen MR) is 158 cm³/mol. The molecule has 0 spiro atoms. The molecule has 0 amide bonds. The number of hydrogen-bond donors (Lipinski definition) is 0. The summed E-state index contributed by atoms with van der Waals surface area (Å²) in [5.41, 5.74) is 3.39. The topological polar surface area (TPSA) is 53.8 Å². The molecule has 1 aliphatic heterocycles. The fourth-order valence-electron chi connectivity index (χ4n) is 5.38. The van der Waals surface area contributed by atoms with Gasteiger partial charge in [0.1, 0.15) is 6.61 Å². The summed E-state index contributed by atoms with van der Waals surface area (Å²) in [6, 6.07) is 39.7. The third-order valence-electron chi connectivity index (χ3n) is 7.33. The van der Waals surface area contributed by atoms with Crippen molar-refractivity contribution in [2.24, 2.45) is 0 Å². The minimum atomic E-state index is -1.06. The SMILES string of the molecule is C=CC[C@]1(c2ccccc2)[C@@H](OCc2ccccc2)[C@H](OCc2ccccc2)C(COCc2ccccc2)=[N+]1[O-]. The first-order valence-electron chi connectivity index (χ1n) is 13.6. The van der Waals surface area contributed by atoms with Gasteiger partial charge in [0, 0.05) is 12.0 Å². The molecule has 5 nitrogen and oxygen atoms in total. The van der Waals surface area contributed by atoms with Gasteiger partial charge in [-0.1, -0.05) is 127 Å². The summed E-state index contributed by atoms with van der Waals surface area (Å²) in [4.78, 5) is 0. The van der Waals surface area contributed by atoms with Crippen molar-refractivity contribution in [1.29, 1.82) is 0 Å². The molecule has 0 N–H and O–H groups in total. The lowest BCUT2D eigenvalue weighted by atomic mass is 9.81. The highest BCUT2D eigenvalue weighted by Gasteiger charge is 2.61. The van der Waals surface area contributed by atoms with Crippen molar-refractivity contribution >= 4 is 5.71 Å². The summed E-state index contributed by atoms with van der Waals surface area (Å²) >= 11 is 0. The summed E-state index contributed by atoms with van der Waals surface area (Å²) in [5, 5.41) is 14.5. The van der Waals surface area contributed by atoms with Gasteiger partial charge in [-0.3, -0.25) is 0 Å². The molecular weight excluding hydrogens is 498 g/mol. The molecule has 0 saturated heterocycles. The van der Waals surface area contributed by atoms with E-state index in [-0.39, 0.29) is 6.61 Å². The Labute approximate surface area is 236 Å². The molecule has 1 heterocycles. The van der Waals surface area contributed by atoms with Crippen molar-refractivity contribution in [1.82, 2.24) is 0 Å². The second kappa shape index (κ2) is 13.4. The van der Waals surface area contributed by atoms with E-state index < -0.39 is 17.7 Å². The van der Waals surface area contributed by atoms with E-state index in [9.17, 15) is 5.21 Å². The predicted octanol–water partition coefficient (Wildman–Crippen LogP) is 6.81. The molecule has 0 radical (unpaired) electrons. The Morgan fingerprint density at radius 3 is 1.65 bits per heavy atom. The van der Waals surface area contributed by atoms with E-state index in [1.807, 2.05) is 121 Å². The van der Waals surface area contributed by atoms with E-state index in [2.05, 4.69) is 6.58 Å². The van der Waals surface area contributed by atoms with E-state index in [4.69, 9.17) is 14.2 Å². The van der Waals surface area contributed by atoms with Crippen LogP contribution in [0, 0.1) is 5.21 Å². The minimum absolute atomic E-state index is 0.120. The van der Waals surface area contributed by atoms with E-state index in [0.717, 1.165) is 27.0 Å². The third-order valence-corrected chi connectivity index (χ3v) is 7.33. The van der Waals surface area contributed by atoms with Crippen LogP contribution in [-0.2, 0) is 39.6 Å². The summed E-state index contributed by atoms with van der Waals surface area (Å²) in [5.74, 6) is 0. The zero-order valence-corrected chi connectivity index (χ0v) is 22.6. The Kier molecular flexibility index (Phi) is 9.19. The number of ether oxygens (including phenoxy) is 3. The van der Waals surface area contributed by atoms with Crippen LogP contribution in [0.1, 0.15) is 28.7 Å². The van der Waals surface area contributed by atoms with Gasteiger partial charge in [-0.05, 0) is 16.7 Å². The molecule has 5 heteroatoms. The molecule has 1 aliphatic rings. The lowest BCUT2D eigenvalue weighted by molar-refractivity contribution is -0.563. The Balaban J connectivity index is 1.52. The number of rotatable bonds is 13. The van der Waals surface area contributed by atoms with Crippen LogP contribution in [-0.4, -0.2) is 29.3 Å². The summed E-state index contributed by atoms with van der Waals surface area (Å²) < 4.78 is 20.5. The average Bonchev–Trinajstić information content (AvgIpc) is 3.24. The van der Waals surface area contributed by atoms with Crippen molar-refractivity contribution in [3.05, 3.63) is 161 Å². The first-order chi connectivity index (χ1) is 19.7. The molecule has 0 unspecified atom stereocenters. The summed E-state index contributed by atoms with van der Waals surface area (Å²) in [7, 11) is 0. The van der Waals surface area contributed by atoms with E-state index >= 15 is 0 Å². The monoisotopic (exact) mass is 533 g/mol. The van der Waals surface area contributed by atoms with Gasteiger partial charge in [0.15, 0.2) is 12.2 Å². The fourth-order valence-corrected chi connectivity index (χ4v) is 5.38. The maximum absolute atomic E-state index is 14.5. The van der Waals surface area contributed by atoms with Crippen LogP contribution in [0.4, 0.5) is 0 Å². The summed E-state index contributed by atoms with van der Waals surface area (Å²) in [6.45, 7) is 5.21. The number of nitrogens with zero attached hydrogens (tertiary/aromatic N) is 1. The Morgan fingerprint density at radius 1 is 0.650 bits per heavy atom. The molecule has 3 atom stereocenters. The standard InChI is InChI=1S/C35H35NO4/c1-2-23-35(31-21-13-6-14-22-31)34(40-26-30-19-11-5-12-20-30)33(39-25-29-17-9-4-10-18-29)32(36(35)37)27-38-24-28-15-7-3-8-16-28/h2-22,33-34H,1,23-27H2/t33-,34+,35+/m1/s1. The Morgan fingerprint density at radius 2 is 1.12 bits per heavy atom. The molecule has 40 heavy (non-hydrogen) atoms. The second-order valence-corrected chi connectivity index (χ2v) is 9.98. The lowest BCUT2D eigenvalue weighted by Crippen LogP contribution is -2.48. The van der Waals surface area contributed by atoms with Crippen molar-refractivity contribution < 1.29 is 18.9 Å². The van der Waals surface area contributed by atoms with Gasteiger partial charge in [-0.25, -0.2) is 0 Å². The first kappa shape index (κ1) is 27.5. The van der Waals surface area contributed by atoms with Crippen molar-refractivity contribution in [2.75, 3.05) is 6.61 Å². The van der Waals surface area contributed by atoms with Gasteiger partial charge in [-0.2, -0.15) is 4.74 Å². The summed E-state index contributed by atoms with van der Waals surface area (Å²) in [6.07, 6.45) is 0.939. The lowest BCUT2D eigenvalue weighted by Gasteiger charge is -2.34. The van der Waals surface area contributed by atoms with Crippen LogP contribution >= 0.6 is 0 Å². The average molecular weight is 534 g/mol. The van der Waals surface area contributed by atoms with Crippen molar-refractivity contribution in [3.63, 3.8) is 0 Å². The quantitative estimate of drug-likeness (QED) is 0.108. The van der Waals surface area contributed by atoms with Crippen LogP contribution < -0.4 is 0 Å². The molecule has 0 aliphatic carbocycles. The molecule has 5 rings (SSSR count). The van der Waals surface area contributed by atoms with E-state index in [1.165, 1.54) is 0 Å². The number of benzene rings is 4. The Hall–Kier alpha value is -4.03. The minimum Gasteiger partial charge on any atom is -0.623 e. The first-order valence-corrected chi connectivity index (χ1v) is 13.6. The molecular formula is C35H35NO4. The highest BCUT2D eigenvalue weighted by atomic mass is 16.6. The van der Waals surface area contributed by atoms with E-state index in [0.29, 0.717) is 32.0 Å². The molecule has 0 bridgehead atoms. The fraction of sp³-hybridized carbons (Fsp3) is 0.229. The van der Waals surface area contributed by atoms with Gasteiger partial charge >= 0.3 is 0 Å². The molecule has 4 aromatic carbocycles. The van der Waals surface area contributed by atoms with Crippen LogP contribution in [0.2, 0.25) is 0 Å². The molecule has 4 aromatic rings. The van der Waals surface area contributed by atoms with Crippen LogP contribution in [0.25, 0.3) is 0 Å². The van der Waals surface area contributed by atoms with E-state index in [1.54, 1.807) is 6.08 Å². The zero-order chi connectivity index (χ0) is 27.6. The van der Waals surface area contributed by atoms with Crippen molar-refractivity contribution in [2.45, 2.75) is 44.0 Å². The van der Waals surface area contributed by atoms with Gasteiger partial charge in [-0.15, -0.1) is 6.58 Å².